The minimum absolute atomic E-state index is 0.0417. The lowest BCUT2D eigenvalue weighted by Crippen LogP contribution is -2.34. The molecular weight excluding hydrogens is 420 g/mol. The molecule has 1 aliphatic rings. The molecule has 1 aliphatic heterocycles. The molecule has 0 aliphatic carbocycles. The van der Waals surface area contributed by atoms with Crippen molar-refractivity contribution >= 4 is 50.0 Å². The number of carbonyl (C=O) groups excluding carboxylic acids is 1. The van der Waals surface area contributed by atoms with Crippen LogP contribution in [-0.4, -0.2) is 33.6 Å². The summed E-state index contributed by atoms with van der Waals surface area (Å²) in [6, 6.07) is 9.97. The fourth-order valence-electron chi connectivity index (χ4n) is 4.16. The molecule has 0 unspecified atom stereocenters. The first kappa shape index (κ1) is 20.6. The Morgan fingerprint density at radius 3 is 2.84 bits per heavy atom. The third-order valence-corrected chi connectivity index (χ3v) is 6.91. The Labute approximate surface area is 190 Å². The molecule has 0 saturated heterocycles. The summed E-state index contributed by atoms with van der Waals surface area (Å²) in [7, 11) is 0. The van der Waals surface area contributed by atoms with Crippen LogP contribution in [0.15, 0.2) is 43.1 Å². The van der Waals surface area contributed by atoms with Gasteiger partial charge in [-0.2, -0.15) is 0 Å². The van der Waals surface area contributed by atoms with Gasteiger partial charge in [0.25, 0.3) is 5.91 Å². The summed E-state index contributed by atoms with van der Waals surface area (Å²) in [5.74, 6) is -0.0417. The zero-order valence-corrected chi connectivity index (χ0v) is 19.0. The van der Waals surface area contributed by atoms with E-state index in [1.165, 1.54) is 11.3 Å². The van der Waals surface area contributed by atoms with E-state index in [2.05, 4.69) is 22.2 Å². The number of nitrogens with one attached hydrogen (secondary N) is 2. The summed E-state index contributed by atoms with van der Waals surface area (Å²) in [4.78, 5) is 22.7. The first-order valence-electron chi connectivity index (χ1n) is 10.5. The number of benzene rings is 1. The maximum Gasteiger partial charge on any atom is 0.263 e. The van der Waals surface area contributed by atoms with Gasteiger partial charge in [-0.3, -0.25) is 9.78 Å². The lowest BCUT2D eigenvalue weighted by molar-refractivity contribution is 0.0788. The van der Waals surface area contributed by atoms with Crippen molar-refractivity contribution in [3.63, 3.8) is 0 Å². The fraction of sp³-hybridized carbons (Fsp3) is 0.240. The normalized spacial score (nSPS) is 16.4. The monoisotopic (exact) mass is 444 g/mol. The van der Waals surface area contributed by atoms with Crippen molar-refractivity contribution in [2.24, 2.45) is 0 Å². The largest absolute Gasteiger partial charge is 0.386 e. The van der Waals surface area contributed by atoms with E-state index in [0.29, 0.717) is 17.0 Å². The van der Waals surface area contributed by atoms with Crippen LogP contribution in [0.3, 0.4) is 0 Å². The van der Waals surface area contributed by atoms with Gasteiger partial charge in [0, 0.05) is 45.4 Å². The number of hydrogen-bond donors (Lipinski definition) is 3. The Morgan fingerprint density at radius 1 is 1.28 bits per heavy atom. The van der Waals surface area contributed by atoms with Crippen LogP contribution < -0.4 is 10.6 Å². The number of thiophene rings is 1. The van der Waals surface area contributed by atoms with Crippen molar-refractivity contribution in [3.8, 4) is 11.3 Å². The molecule has 0 bridgehead atoms. The van der Waals surface area contributed by atoms with Gasteiger partial charge >= 0.3 is 0 Å². The highest BCUT2D eigenvalue weighted by molar-refractivity contribution is 7.21. The molecule has 32 heavy (non-hydrogen) atoms. The zero-order valence-electron chi connectivity index (χ0n) is 18.2. The highest BCUT2D eigenvalue weighted by atomic mass is 32.1. The third kappa shape index (κ3) is 3.34. The Balaban J connectivity index is 1.73. The number of amides is 1. The average molecular weight is 445 g/mol. The maximum absolute atomic E-state index is 12.7. The minimum atomic E-state index is -1.07. The quantitative estimate of drug-likeness (QED) is 0.417. The van der Waals surface area contributed by atoms with Crippen molar-refractivity contribution in [3.05, 3.63) is 59.2 Å². The molecule has 3 aromatic heterocycles. The molecule has 4 aromatic rings. The average Bonchev–Trinajstić information content (AvgIpc) is 3.09. The molecule has 0 radical (unpaired) electrons. The molecule has 4 heterocycles. The van der Waals surface area contributed by atoms with Crippen LogP contribution in [0.5, 0.6) is 0 Å². The molecule has 7 heteroatoms. The first-order valence-corrected chi connectivity index (χ1v) is 11.3. The minimum Gasteiger partial charge on any atom is -0.386 e. The Hall–Kier alpha value is -3.29. The number of aromatic nitrogens is 2. The summed E-state index contributed by atoms with van der Waals surface area (Å²) in [6.45, 7) is 9.95. The number of carbonyl (C=O) groups is 1. The SMILES string of the molecule is C=Cc1cc(-c2ccc3c(ccc4sc5c(c43)NC[C@@H](C)NC5=O)n2)c(C(C)(C)O)cn1. The molecule has 3 N–H and O–H groups in total. The fourth-order valence-corrected chi connectivity index (χ4v) is 5.26. The summed E-state index contributed by atoms with van der Waals surface area (Å²) >= 11 is 1.49. The van der Waals surface area contributed by atoms with E-state index in [1.54, 1.807) is 26.1 Å². The lowest BCUT2D eigenvalue weighted by Gasteiger charge is -2.21. The molecule has 162 valence electrons. The van der Waals surface area contributed by atoms with Gasteiger partial charge in [-0.05, 0) is 57.2 Å². The van der Waals surface area contributed by atoms with Crippen LogP contribution in [0.2, 0.25) is 0 Å². The Kier molecular flexibility index (Phi) is 4.76. The summed E-state index contributed by atoms with van der Waals surface area (Å²) < 4.78 is 1.05. The van der Waals surface area contributed by atoms with Crippen LogP contribution in [0.4, 0.5) is 5.69 Å². The van der Waals surface area contributed by atoms with Gasteiger partial charge in [-0.25, -0.2) is 4.98 Å². The predicted octanol–water partition coefficient (Wildman–Crippen LogP) is 4.93. The number of rotatable bonds is 3. The molecule has 1 amide bonds. The van der Waals surface area contributed by atoms with Gasteiger partial charge in [0.2, 0.25) is 0 Å². The van der Waals surface area contributed by atoms with E-state index >= 15 is 0 Å². The van der Waals surface area contributed by atoms with Crippen LogP contribution in [0, 0.1) is 0 Å². The summed E-state index contributed by atoms with van der Waals surface area (Å²) in [5, 5.41) is 19.2. The van der Waals surface area contributed by atoms with Crippen molar-refractivity contribution in [1.82, 2.24) is 15.3 Å². The highest BCUT2D eigenvalue weighted by Crippen LogP contribution is 2.41. The second-order valence-electron chi connectivity index (χ2n) is 8.68. The predicted molar refractivity (Wildman–Crippen MR) is 131 cm³/mol. The molecule has 5 rings (SSSR count). The van der Waals surface area contributed by atoms with Gasteiger partial charge in [0.05, 0.1) is 28.2 Å². The van der Waals surface area contributed by atoms with E-state index in [1.807, 2.05) is 37.3 Å². The van der Waals surface area contributed by atoms with E-state index < -0.39 is 5.60 Å². The van der Waals surface area contributed by atoms with E-state index in [4.69, 9.17) is 4.98 Å². The molecule has 1 aromatic carbocycles. The van der Waals surface area contributed by atoms with Crippen molar-refractivity contribution in [2.75, 3.05) is 11.9 Å². The second-order valence-corrected chi connectivity index (χ2v) is 9.73. The lowest BCUT2D eigenvalue weighted by atomic mass is 9.92. The third-order valence-electron chi connectivity index (χ3n) is 5.76. The Bertz CT molecular complexity index is 1400. The van der Waals surface area contributed by atoms with Crippen molar-refractivity contribution < 1.29 is 9.90 Å². The van der Waals surface area contributed by atoms with E-state index in [9.17, 15) is 9.90 Å². The van der Waals surface area contributed by atoms with Gasteiger partial charge in [-0.15, -0.1) is 11.3 Å². The molecule has 6 nitrogen and oxygen atoms in total. The zero-order chi connectivity index (χ0) is 22.6. The number of pyridine rings is 2. The van der Waals surface area contributed by atoms with Gasteiger partial charge in [-0.1, -0.05) is 6.58 Å². The highest BCUT2D eigenvalue weighted by Gasteiger charge is 2.26. The topological polar surface area (TPSA) is 87.1 Å². The van der Waals surface area contributed by atoms with Crippen LogP contribution >= 0.6 is 11.3 Å². The number of hydrogen-bond acceptors (Lipinski definition) is 6. The van der Waals surface area contributed by atoms with E-state index in [-0.39, 0.29) is 11.9 Å². The number of aliphatic hydroxyl groups is 1. The number of fused-ring (bicyclic) bond motifs is 5. The summed E-state index contributed by atoms with van der Waals surface area (Å²) in [5.41, 5.74) is 3.63. The Morgan fingerprint density at radius 2 is 2.09 bits per heavy atom. The standard InChI is InChI=1S/C25H24N4O2S/c1-5-14-10-16(17(12-26-14)25(3,4)31)19-7-6-15-18(29-19)8-9-20-21(15)22-23(32-20)24(30)28-13(2)11-27-22/h5-10,12-13,27,31H,1,11H2,2-4H3,(H,28,30)/t13-/m1/s1. The molecule has 0 spiro atoms. The first-order chi connectivity index (χ1) is 15.3. The van der Waals surface area contributed by atoms with Gasteiger partial charge < -0.3 is 15.7 Å². The second kappa shape index (κ2) is 7.39. The van der Waals surface area contributed by atoms with Gasteiger partial charge in [0.1, 0.15) is 4.88 Å². The van der Waals surface area contributed by atoms with Gasteiger partial charge in [0.15, 0.2) is 0 Å². The number of anilines is 1. The summed E-state index contributed by atoms with van der Waals surface area (Å²) in [6.07, 6.45) is 3.37. The van der Waals surface area contributed by atoms with Crippen LogP contribution in [-0.2, 0) is 5.60 Å². The van der Waals surface area contributed by atoms with Crippen molar-refractivity contribution in [1.29, 1.82) is 0 Å². The van der Waals surface area contributed by atoms with Crippen LogP contribution in [0.25, 0.3) is 38.3 Å². The maximum atomic E-state index is 12.7. The smallest absolute Gasteiger partial charge is 0.263 e. The van der Waals surface area contributed by atoms with E-state index in [0.717, 1.165) is 43.6 Å². The van der Waals surface area contributed by atoms with Crippen LogP contribution in [0.1, 0.15) is 41.7 Å². The van der Waals surface area contributed by atoms with Crippen molar-refractivity contribution in [2.45, 2.75) is 32.4 Å². The molecule has 0 saturated carbocycles. The molecule has 1 atom stereocenters. The molecular formula is C25H24N4O2S. The number of nitrogens with zero attached hydrogens (tertiary/aromatic N) is 2. The molecule has 0 fully saturated rings.